The largest absolute Gasteiger partial charge is 0.356 e. The number of alkyl halides is 1. The van der Waals surface area contributed by atoms with E-state index < -0.39 is 0 Å². The normalized spacial score (nSPS) is 11.4. The number of nitrogens with one attached hydrogen (secondary N) is 1. The summed E-state index contributed by atoms with van der Waals surface area (Å²) in [5, 5.41) is 4.08. The third-order valence-corrected chi connectivity index (χ3v) is 4.07. The Morgan fingerprint density at radius 1 is 1.25 bits per heavy atom. The Hall–Kier alpha value is -0.830. The van der Waals surface area contributed by atoms with E-state index in [0.717, 1.165) is 31.1 Å². The van der Waals surface area contributed by atoms with Crippen LogP contribution < -0.4 is 5.32 Å². The predicted octanol–water partition coefficient (Wildman–Crippen LogP) is 4.25. The molecule has 0 saturated carbocycles. The molecule has 0 saturated heterocycles. The van der Waals surface area contributed by atoms with Crippen LogP contribution >= 0.6 is 15.9 Å². The van der Waals surface area contributed by atoms with E-state index >= 15 is 0 Å². The zero-order chi connectivity index (χ0) is 15.0. The van der Waals surface area contributed by atoms with Gasteiger partial charge in [-0.25, -0.2) is 0 Å². The highest BCUT2D eigenvalue weighted by Crippen LogP contribution is 2.21. The maximum absolute atomic E-state index is 11.9. The summed E-state index contributed by atoms with van der Waals surface area (Å²) in [7, 11) is 0. The Morgan fingerprint density at radius 2 is 1.90 bits per heavy atom. The number of carbonyl (C=O) groups excluding carboxylic acids is 1. The van der Waals surface area contributed by atoms with E-state index in [1.54, 1.807) is 0 Å². The molecule has 0 unspecified atom stereocenters. The van der Waals surface area contributed by atoms with Crippen LogP contribution in [0.1, 0.15) is 44.2 Å². The topological polar surface area (TPSA) is 29.1 Å². The van der Waals surface area contributed by atoms with E-state index in [0.29, 0.717) is 6.42 Å². The molecule has 0 heterocycles. The van der Waals surface area contributed by atoms with Crippen molar-refractivity contribution in [2.75, 3.05) is 11.9 Å². The number of hydrogen-bond donors (Lipinski definition) is 1. The number of benzene rings is 1. The van der Waals surface area contributed by atoms with Gasteiger partial charge in [-0.3, -0.25) is 4.79 Å². The molecule has 0 aliphatic heterocycles. The van der Waals surface area contributed by atoms with Gasteiger partial charge in [0, 0.05) is 18.3 Å². The highest BCUT2D eigenvalue weighted by molar-refractivity contribution is 9.09. The van der Waals surface area contributed by atoms with Crippen molar-refractivity contribution >= 4 is 21.8 Å². The summed E-state index contributed by atoms with van der Waals surface area (Å²) in [6.07, 6.45) is 3.65. The second-order valence-corrected chi connectivity index (χ2v) is 7.01. The molecule has 0 spiro atoms. The highest BCUT2D eigenvalue weighted by atomic mass is 79.9. The van der Waals surface area contributed by atoms with Gasteiger partial charge in [0.25, 0.3) is 0 Å². The van der Waals surface area contributed by atoms with Gasteiger partial charge in [0.2, 0.25) is 5.91 Å². The molecule has 1 amide bonds. The lowest BCUT2D eigenvalue weighted by Gasteiger charge is -2.24. The van der Waals surface area contributed by atoms with Gasteiger partial charge < -0.3 is 5.32 Å². The van der Waals surface area contributed by atoms with E-state index in [1.165, 1.54) is 11.1 Å². The molecule has 1 aromatic carbocycles. The molecule has 3 heteroatoms. The highest BCUT2D eigenvalue weighted by Gasteiger charge is 2.18. The van der Waals surface area contributed by atoms with Crippen molar-refractivity contribution in [1.29, 1.82) is 0 Å². The first-order chi connectivity index (χ1) is 9.43. The summed E-state index contributed by atoms with van der Waals surface area (Å²) in [5.41, 5.74) is 2.66. The zero-order valence-electron chi connectivity index (χ0n) is 12.8. The van der Waals surface area contributed by atoms with Crippen LogP contribution in [0.15, 0.2) is 24.3 Å². The average molecular weight is 340 g/mol. The Kier molecular flexibility index (Phi) is 7.28. The van der Waals surface area contributed by atoms with Gasteiger partial charge in [0.1, 0.15) is 0 Å². The van der Waals surface area contributed by atoms with Gasteiger partial charge >= 0.3 is 0 Å². The van der Waals surface area contributed by atoms with Crippen molar-refractivity contribution in [3.05, 3.63) is 35.4 Å². The number of hydrogen-bond acceptors (Lipinski definition) is 1. The number of halogens is 1. The second kappa shape index (κ2) is 8.46. The zero-order valence-corrected chi connectivity index (χ0v) is 14.4. The Labute approximate surface area is 131 Å². The smallest absolute Gasteiger partial charge is 0.220 e. The first-order valence-electron chi connectivity index (χ1n) is 7.31. The molecule has 20 heavy (non-hydrogen) atoms. The van der Waals surface area contributed by atoms with Crippen LogP contribution in [0.5, 0.6) is 0 Å². The molecule has 0 atom stereocenters. The Bertz CT molecular complexity index is 412. The molecule has 0 aromatic heterocycles. The quantitative estimate of drug-likeness (QED) is 0.705. The molecule has 1 N–H and O–H groups in total. The maximum Gasteiger partial charge on any atom is 0.220 e. The lowest BCUT2D eigenvalue weighted by atomic mass is 9.88. The predicted molar refractivity (Wildman–Crippen MR) is 89.3 cm³/mol. The average Bonchev–Trinajstić information content (AvgIpc) is 2.42. The van der Waals surface area contributed by atoms with E-state index in [4.69, 9.17) is 0 Å². The van der Waals surface area contributed by atoms with Gasteiger partial charge in [0.15, 0.2) is 0 Å². The van der Waals surface area contributed by atoms with Gasteiger partial charge in [-0.1, -0.05) is 59.6 Å². The molecule has 1 rings (SSSR count). The minimum atomic E-state index is 0.150. The maximum atomic E-state index is 11.9. The summed E-state index contributed by atoms with van der Waals surface area (Å²) < 4.78 is 0. The monoisotopic (exact) mass is 339 g/mol. The van der Waals surface area contributed by atoms with E-state index in [2.05, 4.69) is 66.3 Å². The number of amides is 1. The van der Waals surface area contributed by atoms with Crippen LogP contribution in [-0.2, 0) is 11.2 Å². The fourth-order valence-corrected chi connectivity index (χ4v) is 2.35. The van der Waals surface area contributed by atoms with Gasteiger partial charge in [-0.05, 0) is 37.2 Å². The van der Waals surface area contributed by atoms with Crippen LogP contribution in [0, 0.1) is 12.3 Å². The summed E-state index contributed by atoms with van der Waals surface area (Å²) in [5.74, 6) is 0.150. The van der Waals surface area contributed by atoms with Gasteiger partial charge in [-0.15, -0.1) is 0 Å². The number of carbonyl (C=O) groups is 1. The molecule has 0 bridgehead atoms. The SMILES string of the molecule is Cc1ccc(CCC(=O)NCC(C)(C)CCCBr)cc1. The van der Waals surface area contributed by atoms with Gasteiger partial charge in [0.05, 0.1) is 0 Å². The lowest BCUT2D eigenvalue weighted by molar-refractivity contribution is -0.121. The van der Waals surface area contributed by atoms with Crippen LogP contribution in [0.2, 0.25) is 0 Å². The van der Waals surface area contributed by atoms with Gasteiger partial charge in [-0.2, -0.15) is 0 Å². The van der Waals surface area contributed by atoms with Crippen molar-refractivity contribution in [3.8, 4) is 0 Å². The van der Waals surface area contributed by atoms with Crippen molar-refractivity contribution in [2.24, 2.45) is 5.41 Å². The summed E-state index contributed by atoms with van der Waals surface area (Å²) in [6, 6.07) is 8.39. The Balaban J connectivity index is 2.28. The third-order valence-electron chi connectivity index (χ3n) is 3.51. The first kappa shape index (κ1) is 17.2. The molecule has 2 nitrogen and oxygen atoms in total. The van der Waals surface area contributed by atoms with Crippen molar-refractivity contribution in [3.63, 3.8) is 0 Å². The minimum Gasteiger partial charge on any atom is -0.356 e. The van der Waals surface area contributed by atoms with Crippen LogP contribution in [-0.4, -0.2) is 17.8 Å². The molecule has 0 radical (unpaired) electrons. The summed E-state index contributed by atoms with van der Waals surface area (Å²) in [4.78, 5) is 11.9. The van der Waals surface area contributed by atoms with Crippen molar-refractivity contribution < 1.29 is 4.79 Å². The Morgan fingerprint density at radius 3 is 2.50 bits per heavy atom. The lowest BCUT2D eigenvalue weighted by Crippen LogP contribution is -2.34. The first-order valence-corrected chi connectivity index (χ1v) is 8.43. The van der Waals surface area contributed by atoms with E-state index in [-0.39, 0.29) is 11.3 Å². The van der Waals surface area contributed by atoms with E-state index in [1.807, 2.05) is 0 Å². The minimum absolute atomic E-state index is 0.150. The molecule has 0 aliphatic rings. The molecule has 0 fully saturated rings. The third kappa shape index (κ3) is 7.09. The van der Waals surface area contributed by atoms with Crippen molar-refractivity contribution in [2.45, 2.75) is 46.5 Å². The van der Waals surface area contributed by atoms with Crippen molar-refractivity contribution in [1.82, 2.24) is 5.32 Å². The second-order valence-electron chi connectivity index (χ2n) is 6.22. The molecular formula is C17H26BrNO. The molecular weight excluding hydrogens is 314 g/mol. The summed E-state index contributed by atoms with van der Waals surface area (Å²) in [6.45, 7) is 7.24. The molecule has 1 aromatic rings. The van der Waals surface area contributed by atoms with Crippen LogP contribution in [0.3, 0.4) is 0 Å². The number of rotatable bonds is 8. The summed E-state index contributed by atoms with van der Waals surface area (Å²) >= 11 is 3.45. The van der Waals surface area contributed by atoms with E-state index in [9.17, 15) is 4.79 Å². The fourth-order valence-electron chi connectivity index (χ4n) is 2.07. The molecule has 0 aliphatic carbocycles. The standard InChI is InChI=1S/C17H26BrNO/c1-14-5-7-15(8-6-14)9-10-16(20)19-13-17(2,3)11-4-12-18/h5-8H,4,9-13H2,1-3H3,(H,19,20). The van der Waals surface area contributed by atoms with Crippen LogP contribution in [0.4, 0.5) is 0 Å². The van der Waals surface area contributed by atoms with Crippen LogP contribution in [0.25, 0.3) is 0 Å². The fraction of sp³-hybridized carbons (Fsp3) is 0.588. The number of aryl methyl sites for hydroxylation is 2. The molecule has 112 valence electrons.